The standard InChI is InChI=1S/C78H94N12O7/c1-42-26-48(7)68(49(8)27-42)96-76(92)67-60(39-80)73(90-75(67)84-71(86-90)55-20-21-66(93-17)47(6)31-55)82-63-35-58-53(12)37-78(15,16)88(65(58)33-46(63)5)23-25-94-24-22-87-64-32-45(4)62(34-57(64)52(11)36-77(87,13)14)81-72-59(38-79)61(41-95-97-69-50(9)28-43(2)29-51(69)10)74-83-70(85-89(72)74)54-18-19-56(40-91)44(3)30-54/h18-21,30-35,40,42-43,48-53,68-69H,22-29,36-37,41H2,1-17H3/b81-72+,82-73+. The lowest BCUT2D eigenvalue weighted by molar-refractivity contribution is -0.338. The number of aromatic nitrogens is 6. The molecule has 0 spiro atoms. The molecule has 0 amide bonds. The molecule has 2 fully saturated rings. The van der Waals surface area contributed by atoms with Crippen LogP contribution in [0.2, 0.25) is 0 Å². The molecular weight excluding hydrogens is 1220 g/mol. The minimum absolute atomic E-state index is 0.0204. The van der Waals surface area contributed by atoms with Crippen LogP contribution >= 0.6 is 0 Å². The average Bonchev–Trinajstić information content (AvgIpc) is 1.75. The second-order valence-electron chi connectivity index (χ2n) is 30.3. The first-order valence-electron chi connectivity index (χ1n) is 34.8. The summed E-state index contributed by atoms with van der Waals surface area (Å²) in [6.45, 7) is 37.2. The minimum atomic E-state index is -0.596. The highest BCUT2D eigenvalue weighted by Gasteiger charge is 2.44. The SMILES string of the molecule is COc1ccc(-c2nc3n(n2)/C(=N/c2cc4c(cc2C)N(CCOCCN2c5cc(C)c(/N=C6\C(C#N)=C(COOC7C(C)CC(C)CC7C)c7nc(-c8ccc(C=O)c(C)c8)nn76)cc5C(C)CC2(C)C)C(C)(C)CC4C)C(C#N)=C3C(=O)OC2C(C)CC(C)CC2C)cc1C. The highest BCUT2D eigenvalue weighted by Crippen LogP contribution is 2.49. The zero-order valence-electron chi connectivity index (χ0n) is 59.6. The summed E-state index contributed by atoms with van der Waals surface area (Å²) in [5.41, 5.74) is 12.2. The maximum absolute atomic E-state index is 14.6. The van der Waals surface area contributed by atoms with Crippen molar-refractivity contribution in [1.29, 1.82) is 10.5 Å². The molecule has 0 radical (unpaired) electrons. The lowest BCUT2D eigenvalue weighted by atomic mass is 9.75. The summed E-state index contributed by atoms with van der Waals surface area (Å²) in [5, 5.41) is 31.9. The fourth-order valence-electron chi connectivity index (χ4n) is 17.1. The minimum Gasteiger partial charge on any atom is -0.496 e. The monoisotopic (exact) mass is 1310 g/mol. The highest BCUT2D eigenvalue weighted by molar-refractivity contribution is 6.30. The van der Waals surface area contributed by atoms with Crippen LogP contribution in [0.3, 0.4) is 0 Å². The molecule has 6 heterocycles. The summed E-state index contributed by atoms with van der Waals surface area (Å²) in [6.07, 6.45) is 6.22. The van der Waals surface area contributed by atoms with Gasteiger partial charge in [0.25, 0.3) is 0 Å². The molecule has 19 nitrogen and oxygen atoms in total. The van der Waals surface area contributed by atoms with E-state index < -0.39 is 5.97 Å². The number of aldehydes is 1. The first-order chi connectivity index (χ1) is 46.2. The fraction of sp³-hybridized carbons (Fsp3) is 0.513. The van der Waals surface area contributed by atoms with E-state index in [-0.39, 0.29) is 76.4 Å². The quantitative estimate of drug-likeness (QED) is 0.0257. The number of anilines is 2. The zero-order valence-corrected chi connectivity index (χ0v) is 59.6. The molecule has 508 valence electrons. The summed E-state index contributed by atoms with van der Waals surface area (Å²) >= 11 is 0. The van der Waals surface area contributed by atoms with E-state index in [0.717, 1.165) is 112 Å². The van der Waals surface area contributed by atoms with E-state index in [4.69, 9.17) is 54.1 Å². The Kier molecular flexibility index (Phi) is 19.0. The first kappa shape index (κ1) is 68.3. The van der Waals surface area contributed by atoms with Gasteiger partial charge in [0.05, 0.1) is 37.8 Å². The van der Waals surface area contributed by atoms with E-state index >= 15 is 0 Å². The number of carbonyl (C=O) groups excluding carboxylic acids is 2. The van der Waals surface area contributed by atoms with Crippen molar-refractivity contribution in [3.63, 3.8) is 0 Å². The highest BCUT2D eigenvalue weighted by atomic mass is 17.2. The molecule has 4 aliphatic heterocycles. The fourth-order valence-corrected chi connectivity index (χ4v) is 17.1. The number of methoxy groups -OCH3 is 1. The number of aliphatic imine (C=N–C) groups is 2. The molecule has 12 rings (SSSR count). The van der Waals surface area contributed by atoms with Crippen LogP contribution in [0.15, 0.2) is 81.8 Å². The summed E-state index contributed by atoms with van der Waals surface area (Å²) in [6, 6.07) is 24.8. The van der Waals surface area contributed by atoms with Gasteiger partial charge < -0.3 is 24.0 Å². The molecule has 6 atom stereocenters. The molecule has 6 aromatic rings. The number of rotatable bonds is 18. The Hall–Kier alpha value is -8.62. The van der Waals surface area contributed by atoms with Crippen molar-refractivity contribution >= 4 is 57.8 Å². The van der Waals surface area contributed by atoms with Gasteiger partial charge in [0, 0.05) is 57.8 Å². The van der Waals surface area contributed by atoms with E-state index in [0.29, 0.717) is 95.7 Å². The molecule has 6 unspecified atom stereocenters. The van der Waals surface area contributed by atoms with Crippen LogP contribution in [-0.4, -0.2) is 117 Å². The van der Waals surface area contributed by atoms with Gasteiger partial charge in [0.1, 0.15) is 53.6 Å². The molecular formula is C78H94N12O7. The van der Waals surface area contributed by atoms with Crippen LogP contribution in [0.25, 0.3) is 33.9 Å². The van der Waals surface area contributed by atoms with Crippen molar-refractivity contribution in [2.24, 2.45) is 45.5 Å². The van der Waals surface area contributed by atoms with Crippen molar-refractivity contribution in [2.75, 3.05) is 49.8 Å². The number of carbonyl (C=O) groups is 2. The van der Waals surface area contributed by atoms with E-state index in [9.17, 15) is 20.1 Å². The number of nitrogens with zero attached hydrogens (tertiary/aromatic N) is 12. The van der Waals surface area contributed by atoms with Crippen LogP contribution in [0.4, 0.5) is 22.7 Å². The predicted octanol–water partition coefficient (Wildman–Crippen LogP) is 15.5. The number of benzene rings is 4. The maximum atomic E-state index is 14.6. The molecule has 2 aromatic heterocycles. The molecule has 0 N–H and O–H groups in total. The van der Waals surface area contributed by atoms with E-state index in [1.807, 2.05) is 51.1 Å². The Balaban J connectivity index is 0.789. The molecule has 6 aliphatic rings. The molecule has 2 aliphatic carbocycles. The van der Waals surface area contributed by atoms with Gasteiger partial charge in [-0.3, -0.25) is 4.79 Å². The zero-order chi connectivity index (χ0) is 69.3. The van der Waals surface area contributed by atoms with Gasteiger partial charge in [-0.1, -0.05) is 67.5 Å². The normalized spacial score (nSPS) is 25.6. The summed E-state index contributed by atoms with van der Waals surface area (Å²) in [7, 11) is 1.63. The van der Waals surface area contributed by atoms with E-state index in [2.05, 4.69) is 136 Å². The third-order valence-corrected chi connectivity index (χ3v) is 21.6. The van der Waals surface area contributed by atoms with Gasteiger partial charge in [0.15, 0.2) is 35.0 Å². The number of allylic oxidation sites excluding steroid dienone is 2. The third-order valence-electron chi connectivity index (χ3n) is 21.6. The lowest BCUT2D eigenvalue weighted by Crippen LogP contribution is -2.50. The van der Waals surface area contributed by atoms with Gasteiger partial charge in [-0.15, -0.1) is 10.2 Å². The van der Waals surface area contributed by atoms with Crippen molar-refractivity contribution in [2.45, 2.75) is 184 Å². The maximum Gasteiger partial charge on any atom is 0.343 e. The Morgan fingerprint density at radius 2 is 1.11 bits per heavy atom. The molecule has 0 saturated heterocycles. The Bertz CT molecular complexity index is 4300. The number of fused-ring (bicyclic) bond motifs is 4. The summed E-state index contributed by atoms with van der Waals surface area (Å²) < 4.78 is 21.8. The lowest BCUT2D eigenvalue weighted by Gasteiger charge is -2.48. The van der Waals surface area contributed by atoms with Gasteiger partial charge in [-0.05, 0) is 223 Å². The number of ether oxygens (including phenoxy) is 3. The second kappa shape index (κ2) is 27.0. The smallest absolute Gasteiger partial charge is 0.343 e. The number of hydrogen-bond acceptors (Lipinski definition) is 17. The predicted molar refractivity (Wildman–Crippen MR) is 379 cm³/mol. The van der Waals surface area contributed by atoms with Crippen molar-refractivity contribution in [1.82, 2.24) is 29.5 Å². The van der Waals surface area contributed by atoms with Gasteiger partial charge in [0.2, 0.25) is 0 Å². The van der Waals surface area contributed by atoms with Crippen LogP contribution in [0.5, 0.6) is 5.75 Å². The van der Waals surface area contributed by atoms with Crippen LogP contribution in [-0.2, 0) is 24.0 Å². The largest absolute Gasteiger partial charge is 0.496 e. The topological polar surface area (TPSA) is 220 Å². The Morgan fingerprint density at radius 3 is 1.61 bits per heavy atom. The molecule has 4 aromatic carbocycles. The third kappa shape index (κ3) is 13.0. The van der Waals surface area contributed by atoms with E-state index in [1.165, 1.54) is 0 Å². The Morgan fingerprint density at radius 1 is 0.629 bits per heavy atom. The van der Waals surface area contributed by atoms with E-state index in [1.54, 1.807) is 22.5 Å². The van der Waals surface area contributed by atoms with Crippen molar-refractivity contribution < 1.29 is 33.6 Å². The number of hydrogen-bond donors (Lipinski definition) is 0. The first-order valence-corrected chi connectivity index (χ1v) is 34.8. The summed E-state index contributed by atoms with van der Waals surface area (Å²) in [5.74, 6) is 4.67. The van der Waals surface area contributed by atoms with Crippen LogP contribution < -0.4 is 14.5 Å². The average molecular weight is 1310 g/mol. The molecule has 97 heavy (non-hydrogen) atoms. The number of nitriles is 2. The van der Waals surface area contributed by atoms with Crippen LogP contribution in [0, 0.1) is 85.9 Å². The second-order valence-corrected chi connectivity index (χ2v) is 30.3. The van der Waals surface area contributed by atoms with Crippen molar-refractivity contribution in [3.05, 3.63) is 122 Å². The molecule has 19 heteroatoms. The number of aryl methyl sites for hydroxylation is 4. The van der Waals surface area contributed by atoms with Gasteiger partial charge in [-0.25, -0.2) is 34.5 Å². The summed E-state index contributed by atoms with van der Waals surface area (Å²) in [4.78, 5) is 64.1. The number of esters is 1. The molecule has 2 saturated carbocycles. The van der Waals surface area contributed by atoms with Crippen molar-refractivity contribution in [3.8, 4) is 40.7 Å². The van der Waals surface area contributed by atoms with Crippen LogP contribution in [0.1, 0.15) is 189 Å². The Labute approximate surface area is 571 Å². The van der Waals surface area contributed by atoms with Gasteiger partial charge in [-0.2, -0.15) is 19.9 Å². The van der Waals surface area contributed by atoms with Gasteiger partial charge >= 0.3 is 5.97 Å². The molecule has 0 bridgehead atoms.